The number of amides is 2. The number of pyridine rings is 1. The monoisotopic (exact) mass is 585 g/mol. The SMILES string of the molecule is O=C(N[C@H]1CCN(C(=O)c2cc(C(F)(F)F)cc(C(F)(F)F)c2)[C@H](Cc2ccccc2)C1)c1ccnc2ccccc12. The van der Waals surface area contributed by atoms with Crippen molar-refractivity contribution in [2.75, 3.05) is 6.54 Å². The van der Waals surface area contributed by atoms with Gasteiger partial charge in [0.1, 0.15) is 0 Å². The Morgan fingerprint density at radius 3 is 2.17 bits per heavy atom. The van der Waals surface area contributed by atoms with Crippen LogP contribution in [0.4, 0.5) is 26.3 Å². The Labute approximate surface area is 237 Å². The van der Waals surface area contributed by atoms with Crippen molar-refractivity contribution in [3.8, 4) is 0 Å². The molecule has 2 amide bonds. The fraction of sp³-hybridized carbons (Fsp3) is 0.258. The summed E-state index contributed by atoms with van der Waals surface area (Å²) in [7, 11) is 0. The van der Waals surface area contributed by atoms with Crippen molar-refractivity contribution in [1.82, 2.24) is 15.2 Å². The van der Waals surface area contributed by atoms with E-state index < -0.39 is 47.0 Å². The van der Waals surface area contributed by atoms with Gasteiger partial charge in [0, 0.05) is 35.8 Å². The van der Waals surface area contributed by atoms with Crippen molar-refractivity contribution in [3.63, 3.8) is 0 Å². The second kappa shape index (κ2) is 11.5. The maximum atomic E-state index is 13.6. The van der Waals surface area contributed by atoms with Crippen LogP contribution in [-0.4, -0.2) is 40.3 Å². The largest absolute Gasteiger partial charge is 0.416 e. The first-order valence-electron chi connectivity index (χ1n) is 13.2. The van der Waals surface area contributed by atoms with Gasteiger partial charge in [-0.3, -0.25) is 14.6 Å². The molecular weight excluding hydrogens is 560 g/mol. The lowest BCUT2D eigenvalue weighted by molar-refractivity contribution is -0.143. The fourth-order valence-corrected chi connectivity index (χ4v) is 5.33. The van der Waals surface area contributed by atoms with Gasteiger partial charge in [0.2, 0.25) is 0 Å². The smallest absolute Gasteiger partial charge is 0.349 e. The van der Waals surface area contributed by atoms with E-state index in [9.17, 15) is 35.9 Å². The molecule has 1 aliphatic rings. The number of hydrogen-bond donors (Lipinski definition) is 1. The molecule has 1 N–H and O–H groups in total. The quantitative estimate of drug-likeness (QED) is 0.259. The fourth-order valence-electron chi connectivity index (χ4n) is 5.33. The molecular formula is C31H25F6N3O2. The zero-order valence-corrected chi connectivity index (χ0v) is 22.0. The van der Waals surface area contributed by atoms with E-state index in [1.165, 1.54) is 11.1 Å². The van der Waals surface area contributed by atoms with Crippen LogP contribution in [0.5, 0.6) is 0 Å². The summed E-state index contributed by atoms with van der Waals surface area (Å²) in [4.78, 5) is 32.4. The number of piperidine rings is 1. The Hall–Kier alpha value is -4.41. The number of nitrogens with one attached hydrogen (secondary N) is 1. The van der Waals surface area contributed by atoms with E-state index in [1.807, 2.05) is 12.1 Å². The Morgan fingerprint density at radius 2 is 1.50 bits per heavy atom. The van der Waals surface area contributed by atoms with Gasteiger partial charge in [-0.25, -0.2) is 0 Å². The van der Waals surface area contributed by atoms with Crippen molar-refractivity contribution in [3.05, 3.63) is 113 Å². The molecule has 2 atom stereocenters. The zero-order chi connectivity index (χ0) is 30.1. The van der Waals surface area contributed by atoms with E-state index in [0.29, 0.717) is 35.0 Å². The zero-order valence-electron chi connectivity index (χ0n) is 22.0. The second-order valence-electron chi connectivity index (χ2n) is 10.2. The maximum Gasteiger partial charge on any atom is 0.416 e. The van der Waals surface area contributed by atoms with Gasteiger partial charge in [0.25, 0.3) is 11.8 Å². The standard InChI is InChI=1S/C31H25F6N3O2/c32-30(33,34)21-15-20(16-22(17-21)31(35,36)37)29(42)40-13-11-23(18-24(40)14-19-6-2-1-3-7-19)39-28(41)26-10-12-38-27-9-5-4-8-25(26)27/h1-10,12,15-17,23-24H,11,13-14,18H2,(H,39,41)/t23-,24+/m0/s1. The number of hydrogen-bond acceptors (Lipinski definition) is 3. The molecule has 1 aromatic heterocycles. The van der Waals surface area contributed by atoms with Crippen LogP contribution in [0.2, 0.25) is 0 Å². The molecule has 1 aliphatic heterocycles. The summed E-state index contributed by atoms with van der Waals surface area (Å²) in [5.41, 5.74) is -1.90. The summed E-state index contributed by atoms with van der Waals surface area (Å²) in [6.07, 6.45) is -7.82. The summed E-state index contributed by atoms with van der Waals surface area (Å²) < 4.78 is 80.9. The lowest BCUT2D eigenvalue weighted by Gasteiger charge is -2.40. The van der Waals surface area contributed by atoms with Gasteiger partial charge in [0.15, 0.2) is 0 Å². The molecule has 4 aromatic rings. The van der Waals surface area contributed by atoms with Crippen LogP contribution >= 0.6 is 0 Å². The summed E-state index contributed by atoms with van der Waals surface area (Å²) in [6.45, 7) is 0.0238. The maximum absolute atomic E-state index is 13.6. The third kappa shape index (κ3) is 6.40. The first-order valence-corrected chi connectivity index (χ1v) is 13.2. The van der Waals surface area contributed by atoms with Crippen molar-refractivity contribution in [1.29, 1.82) is 0 Å². The minimum Gasteiger partial charge on any atom is -0.349 e. The Kier molecular flexibility index (Phi) is 7.94. The van der Waals surface area contributed by atoms with E-state index in [2.05, 4.69) is 10.3 Å². The Balaban J connectivity index is 1.43. The number of fused-ring (bicyclic) bond motifs is 1. The van der Waals surface area contributed by atoms with Gasteiger partial charge in [-0.05, 0) is 55.2 Å². The number of halogens is 6. The lowest BCUT2D eigenvalue weighted by atomic mass is 9.91. The number of para-hydroxylation sites is 1. The third-order valence-electron chi connectivity index (χ3n) is 7.35. The topological polar surface area (TPSA) is 62.3 Å². The van der Waals surface area contributed by atoms with Gasteiger partial charge in [-0.2, -0.15) is 26.3 Å². The normalized spacial score (nSPS) is 17.7. The number of nitrogens with zero attached hydrogens (tertiary/aromatic N) is 2. The van der Waals surface area contributed by atoms with Crippen molar-refractivity contribution in [2.45, 2.75) is 43.7 Å². The first-order chi connectivity index (χ1) is 19.9. The first kappa shape index (κ1) is 29.1. The van der Waals surface area contributed by atoms with E-state index in [1.54, 1.807) is 48.5 Å². The molecule has 42 heavy (non-hydrogen) atoms. The molecule has 3 aromatic carbocycles. The number of carbonyl (C=O) groups excluding carboxylic acids is 2. The molecule has 0 unspecified atom stereocenters. The van der Waals surface area contributed by atoms with Crippen LogP contribution < -0.4 is 5.32 Å². The molecule has 0 spiro atoms. The predicted octanol–water partition coefficient (Wildman–Crippen LogP) is 6.92. The highest BCUT2D eigenvalue weighted by atomic mass is 19.4. The minimum absolute atomic E-state index is 0.00278. The average molecular weight is 586 g/mol. The summed E-state index contributed by atoms with van der Waals surface area (Å²) >= 11 is 0. The molecule has 5 nitrogen and oxygen atoms in total. The molecule has 1 saturated heterocycles. The average Bonchev–Trinajstić information content (AvgIpc) is 2.96. The third-order valence-corrected chi connectivity index (χ3v) is 7.35. The second-order valence-corrected chi connectivity index (χ2v) is 10.2. The van der Waals surface area contributed by atoms with Gasteiger partial charge >= 0.3 is 12.4 Å². The van der Waals surface area contributed by atoms with Gasteiger partial charge < -0.3 is 10.2 Å². The van der Waals surface area contributed by atoms with Crippen LogP contribution in [0.3, 0.4) is 0 Å². The van der Waals surface area contributed by atoms with E-state index in [-0.39, 0.29) is 31.4 Å². The Morgan fingerprint density at radius 1 is 0.857 bits per heavy atom. The minimum atomic E-state index is -5.08. The van der Waals surface area contributed by atoms with Crippen molar-refractivity contribution < 1.29 is 35.9 Å². The number of rotatable bonds is 5. The van der Waals surface area contributed by atoms with Crippen LogP contribution in [0.15, 0.2) is 85.1 Å². The molecule has 0 bridgehead atoms. The molecule has 5 rings (SSSR count). The number of aromatic nitrogens is 1. The summed E-state index contributed by atoms with van der Waals surface area (Å²) in [6, 6.07) is 17.7. The molecule has 218 valence electrons. The molecule has 0 radical (unpaired) electrons. The highest BCUT2D eigenvalue weighted by Crippen LogP contribution is 2.37. The molecule has 2 heterocycles. The van der Waals surface area contributed by atoms with Crippen LogP contribution in [0.25, 0.3) is 10.9 Å². The lowest BCUT2D eigenvalue weighted by Crippen LogP contribution is -2.52. The highest BCUT2D eigenvalue weighted by molar-refractivity contribution is 6.06. The van der Waals surface area contributed by atoms with Crippen molar-refractivity contribution >= 4 is 22.7 Å². The highest BCUT2D eigenvalue weighted by Gasteiger charge is 2.39. The van der Waals surface area contributed by atoms with Crippen LogP contribution in [0, 0.1) is 0 Å². The number of alkyl halides is 6. The molecule has 1 fully saturated rings. The van der Waals surface area contributed by atoms with Crippen LogP contribution in [-0.2, 0) is 18.8 Å². The van der Waals surface area contributed by atoms with Crippen LogP contribution in [0.1, 0.15) is 50.2 Å². The van der Waals surface area contributed by atoms with E-state index in [4.69, 9.17) is 0 Å². The van der Waals surface area contributed by atoms with E-state index >= 15 is 0 Å². The summed E-state index contributed by atoms with van der Waals surface area (Å²) in [5.74, 6) is -1.28. The van der Waals surface area contributed by atoms with Gasteiger partial charge in [0.05, 0.1) is 22.2 Å². The summed E-state index contributed by atoms with van der Waals surface area (Å²) in [5, 5.41) is 3.66. The Bertz CT molecular complexity index is 1570. The van der Waals surface area contributed by atoms with Crippen molar-refractivity contribution in [2.24, 2.45) is 0 Å². The molecule has 11 heteroatoms. The van der Waals surface area contributed by atoms with E-state index in [0.717, 1.165) is 5.56 Å². The predicted molar refractivity (Wildman–Crippen MR) is 144 cm³/mol. The van der Waals surface area contributed by atoms with Gasteiger partial charge in [-0.1, -0.05) is 48.5 Å². The molecule has 0 saturated carbocycles. The van der Waals surface area contributed by atoms with Gasteiger partial charge in [-0.15, -0.1) is 0 Å². The molecule has 0 aliphatic carbocycles. The number of likely N-dealkylation sites (tertiary alicyclic amines) is 1. The number of benzene rings is 3. The number of carbonyl (C=O) groups is 2.